The molecule has 0 saturated heterocycles. The lowest BCUT2D eigenvalue weighted by molar-refractivity contribution is -0.137. The molecule has 0 N–H and O–H groups in total. The Morgan fingerprint density at radius 1 is 0.692 bits per heavy atom. The minimum absolute atomic E-state index is 0.0534. The van der Waals surface area contributed by atoms with Crippen molar-refractivity contribution in [3.63, 3.8) is 0 Å². The highest BCUT2D eigenvalue weighted by molar-refractivity contribution is 5.89. The number of hydrogen-bond donors (Lipinski definition) is 0. The van der Waals surface area contributed by atoms with Gasteiger partial charge in [0.05, 0.1) is 11.1 Å². The van der Waals surface area contributed by atoms with Gasteiger partial charge in [-0.15, -0.1) is 0 Å². The fourth-order valence-corrected chi connectivity index (χ4v) is 2.37. The second-order valence-corrected chi connectivity index (χ2v) is 9.72. The summed E-state index contributed by atoms with van der Waals surface area (Å²) >= 11 is 0. The molecule has 0 spiro atoms. The zero-order chi connectivity index (χ0) is 29.9. The summed E-state index contributed by atoms with van der Waals surface area (Å²) < 4.78 is 66.2. The van der Waals surface area contributed by atoms with Crippen molar-refractivity contribution in [1.29, 1.82) is 0 Å². The first-order chi connectivity index (χ1) is 17.9. The van der Waals surface area contributed by atoms with Gasteiger partial charge in [-0.25, -0.2) is 14.4 Å². The molecule has 0 radical (unpaired) electrons. The van der Waals surface area contributed by atoms with E-state index in [0.29, 0.717) is 6.61 Å². The molecule has 39 heavy (non-hydrogen) atoms. The monoisotopic (exact) mass is 558 g/mol. The molecule has 2 rings (SSSR count). The van der Waals surface area contributed by atoms with Gasteiger partial charge in [-0.2, -0.15) is 13.2 Å². The SMILES string of the molecule is CC(C)(C)OC(=O)Oc1ccc(OC(=O)OC(C)(C)C)cc1.CCOCOC(=O)c1ccc(C(F)(F)F)cc1. The third kappa shape index (κ3) is 14.6. The molecule has 0 amide bonds. The maximum absolute atomic E-state index is 12.2. The van der Waals surface area contributed by atoms with Gasteiger partial charge in [-0.05, 0) is 97.0 Å². The smallest absolute Gasteiger partial charge is 0.435 e. The summed E-state index contributed by atoms with van der Waals surface area (Å²) in [6.07, 6.45) is -6.00. The van der Waals surface area contributed by atoms with Crippen LogP contribution >= 0.6 is 0 Å². The number of hydrogen-bond acceptors (Lipinski definition) is 9. The second kappa shape index (κ2) is 14.4. The zero-order valence-corrected chi connectivity index (χ0v) is 22.8. The van der Waals surface area contributed by atoms with Crippen LogP contribution in [0.5, 0.6) is 11.5 Å². The molecule has 0 bridgehead atoms. The molecule has 0 fully saturated rings. The lowest BCUT2D eigenvalue weighted by Crippen LogP contribution is -2.26. The van der Waals surface area contributed by atoms with Crippen molar-refractivity contribution in [2.45, 2.75) is 65.8 Å². The summed E-state index contributed by atoms with van der Waals surface area (Å²) in [5.41, 5.74) is -2.01. The molecule has 9 nitrogen and oxygen atoms in total. The molecular formula is C27H33F3O9. The van der Waals surface area contributed by atoms with Crippen molar-refractivity contribution >= 4 is 18.3 Å². The average Bonchev–Trinajstić information content (AvgIpc) is 2.78. The summed E-state index contributed by atoms with van der Waals surface area (Å²) in [4.78, 5) is 34.3. The Hall–Kier alpha value is -3.80. The van der Waals surface area contributed by atoms with E-state index in [2.05, 4.69) is 4.74 Å². The van der Waals surface area contributed by atoms with E-state index in [1.54, 1.807) is 48.5 Å². The maximum Gasteiger partial charge on any atom is 0.514 e. The van der Waals surface area contributed by atoms with Crippen LogP contribution in [0.4, 0.5) is 22.8 Å². The van der Waals surface area contributed by atoms with Crippen LogP contribution in [0.3, 0.4) is 0 Å². The van der Waals surface area contributed by atoms with Crippen LogP contribution in [-0.2, 0) is 25.1 Å². The number of rotatable bonds is 6. The minimum atomic E-state index is -4.41. The molecule has 2 aromatic carbocycles. The van der Waals surface area contributed by atoms with Crippen LogP contribution in [0.25, 0.3) is 0 Å². The van der Waals surface area contributed by atoms with E-state index < -0.39 is 41.2 Å². The highest BCUT2D eigenvalue weighted by Crippen LogP contribution is 2.29. The molecular weight excluding hydrogens is 525 g/mol. The Bertz CT molecular complexity index is 1020. The standard InChI is InChI=1S/C16H22O6.C11H11F3O3/c1-15(2,3)21-13(17)19-11-7-9-12(10-8-11)20-14(18)22-16(4,5)6;1-2-16-7-17-10(15)8-3-5-9(6-4-8)11(12,13)14/h7-10H,1-6H3;3-6H,2,7H2,1H3. The molecule has 0 aromatic heterocycles. The van der Waals surface area contributed by atoms with E-state index in [-0.39, 0.29) is 23.9 Å². The van der Waals surface area contributed by atoms with Gasteiger partial charge in [-0.1, -0.05) is 0 Å². The van der Waals surface area contributed by atoms with E-state index in [9.17, 15) is 27.6 Å². The molecule has 0 atom stereocenters. The number of esters is 1. The summed E-state index contributed by atoms with van der Waals surface area (Å²) in [6, 6.07) is 9.75. The van der Waals surface area contributed by atoms with Crippen molar-refractivity contribution in [1.82, 2.24) is 0 Å². The summed E-state index contributed by atoms with van der Waals surface area (Å²) in [5, 5.41) is 0. The number of carbonyl (C=O) groups excluding carboxylic acids is 3. The van der Waals surface area contributed by atoms with Crippen LogP contribution < -0.4 is 9.47 Å². The number of alkyl halides is 3. The Kier molecular flexibility index (Phi) is 12.3. The average molecular weight is 559 g/mol. The third-order valence-electron chi connectivity index (χ3n) is 3.93. The van der Waals surface area contributed by atoms with E-state index >= 15 is 0 Å². The van der Waals surface area contributed by atoms with Crippen LogP contribution in [0, 0.1) is 0 Å². The molecule has 0 heterocycles. The molecule has 12 heteroatoms. The predicted octanol–water partition coefficient (Wildman–Crippen LogP) is 7.17. The highest BCUT2D eigenvalue weighted by atomic mass is 19.4. The first-order valence-electron chi connectivity index (χ1n) is 11.7. The number of carbonyl (C=O) groups is 3. The fourth-order valence-electron chi connectivity index (χ4n) is 2.37. The molecule has 0 aliphatic carbocycles. The third-order valence-corrected chi connectivity index (χ3v) is 3.93. The van der Waals surface area contributed by atoms with Crippen molar-refractivity contribution in [3.05, 3.63) is 59.7 Å². The van der Waals surface area contributed by atoms with E-state index in [0.717, 1.165) is 24.3 Å². The zero-order valence-electron chi connectivity index (χ0n) is 22.8. The Morgan fingerprint density at radius 3 is 1.44 bits per heavy atom. The second-order valence-electron chi connectivity index (χ2n) is 9.72. The van der Waals surface area contributed by atoms with Gasteiger partial charge in [0, 0.05) is 6.61 Å². The topological polar surface area (TPSA) is 107 Å². The van der Waals surface area contributed by atoms with Crippen LogP contribution in [0.2, 0.25) is 0 Å². The van der Waals surface area contributed by atoms with Crippen LogP contribution in [-0.4, -0.2) is 42.9 Å². The van der Waals surface area contributed by atoms with Gasteiger partial charge < -0.3 is 28.4 Å². The molecule has 0 unspecified atom stereocenters. The lowest BCUT2D eigenvalue weighted by atomic mass is 10.1. The molecule has 0 aliphatic rings. The van der Waals surface area contributed by atoms with Crippen molar-refractivity contribution in [2.75, 3.05) is 13.4 Å². The largest absolute Gasteiger partial charge is 0.514 e. The van der Waals surface area contributed by atoms with Crippen molar-refractivity contribution in [2.24, 2.45) is 0 Å². The molecule has 0 aliphatic heterocycles. The molecule has 0 saturated carbocycles. The Balaban J connectivity index is 0.000000403. The summed E-state index contributed by atoms with van der Waals surface area (Å²) in [5.74, 6) is -0.149. The van der Waals surface area contributed by atoms with Gasteiger partial charge in [0.2, 0.25) is 0 Å². The minimum Gasteiger partial charge on any atom is -0.435 e. The van der Waals surface area contributed by atoms with Crippen molar-refractivity contribution < 1.29 is 56.0 Å². The summed E-state index contributed by atoms with van der Waals surface area (Å²) in [6.45, 7) is 12.4. The Morgan fingerprint density at radius 2 is 1.10 bits per heavy atom. The van der Waals surface area contributed by atoms with Gasteiger partial charge in [-0.3, -0.25) is 0 Å². The molecule has 216 valence electrons. The van der Waals surface area contributed by atoms with Gasteiger partial charge in [0.25, 0.3) is 0 Å². The van der Waals surface area contributed by atoms with E-state index in [4.69, 9.17) is 23.7 Å². The normalized spacial score (nSPS) is 11.4. The number of halogens is 3. The maximum atomic E-state index is 12.2. The van der Waals surface area contributed by atoms with Crippen molar-refractivity contribution in [3.8, 4) is 11.5 Å². The van der Waals surface area contributed by atoms with Crippen LogP contribution in [0.15, 0.2) is 48.5 Å². The van der Waals surface area contributed by atoms with Gasteiger partial charge >= 0.3 is 24.5 Å². The van der Waals surface area contributed by atoms with E-state index in [1.807, 2.05) is 0 Å². The summed E-state index contributed by atoms with van der Waals surface area (Å²) in [7, 11) is 0. The quantitative estimate of drug-likeness (QED) is 0.120. The molecule has 2 aromatic rings. The number of benzene rings is 2. The first kappa shape index (κ1) is 33.2. The van der Waals surface area contributed by atoms with Crippen LogP contribution in [0.1, 0.15) is 64.4 Å². The predicted molar refractivity (Wildman–Crippen MR) is 134 cm³/mol. The van der Waals surface area contributed by atoms with Gasteiger partial charge in [0.15, 0.2) is 6.79 Å². The lowest BCUT2D eigenvalue weighted by Gasteiger charge is -2.19. The highest BCUT2D eigenvalue weighted by Gasteiger charge is 2.30. The number of ether oxygens (including phenoxy) is 6. The first-order valence-corrected chi connectivity index (χ1v) is 11.7. The fraction of sp³-hybridized carbons (Fsp3) is 0.444. The Labute approximate surface area is 225 Å². The van der Waals surface area contributed by atoms with E-state index in [1.165, 1.54) is 24.3 Å². The van der Waals surface area contributed by atoms with Gasteiger partial charge in [0.1, 0.15) is 22.7 Å².